The molecule has 2 aromatic rings. The molecule has 1 aliphatic heterocycles. The zero-order valence-electron chi connectivity index (χ0n) is 22.2. The predicted octanol–water partition coefficient (Wildman–Crippen LogP) is 4.03. The van der Waals surface area contributed by atoms with Crippen molar-refractivity contribution >= 4 is 0 Å². The third-order valence-electron chi connectivity index (χ3n) is 6.85. The summed E-state index contributed by atoms with van der Waals surface area (Å²) in [5.74, 6) is 0.609. The van der Waals surface area contributed by atoms with Crippen molar-refractivity contribution in [1.82, 2.24) is 0 Å². The minimum Gasteiger partial charge on any atom is -0.497 e. The summed E-state index contributed by atoms with van der Waals surface area (Å²) in [6.07, 6.45) is 2.77. The maximum atomic E-state index is 10.7. The zero-order chi connectivity index (χ0) is 26.7. The summed E-state index contributed by atoms with van der Waals surface area (Å²) in [5.41, 5.74) is 1.17. The predicted molar refractivity (Wildman–Crippen MR) is 142 cm³/mol. The summed E-state index contributed by atoms with van der Waals surface area (Å²) in [4.78, 5) is 0. The van der Waals surface area contributed by atoms with Crippen molar-refractivity contribution in [3.8, 4) is 5.75 Å². The maximum absolute atomic E-state index is 10.7. The molecule has 37 heavy (non-hydrogen) atoms. The van der Waals surface area contributed by atoms with Crippen LogP contribution >= 0.6 is 0 Å². The summed E-state index contributed by atoms with van der Waals surface area (Å²) in [6.45, 7) is 5.22. The van der Waals surface area contributed by atoms with E-state index in [0.717, 1.165) is 16.9 Å². The highest BCUT2D eigenvalue weighted by Gasteiger charge is 2.39. The van der Waals surface area contributed by atoms with E-state index < -0.39 is 23.9 Å². The molecule has 1 aliphatic rings. The monoisotopic (exact) mass is 514 g/mol. The van der Waals surface area contributed by atoms with Gasteiger partial charge in [0.1, 0.15) is 11.4 Å². The average Bonchev–Trinajstić information content (AvgIpc) is 2.90. The van der Waals surface area contributed by atoms with Crippen LogP contribution < -0.4 is 4.74 Å². The molecule has 0 aliphatic carbocycles. The Labute approximate surface area is 220 Å². The molecule has 0 saturated carbocycles. The highest BCUT2D eigenvalue weighted by atomic mass is 16.6. The normalized spacial score (nSPS) is 24.6. The minimum absolute atomic E-state index is 0.158. The van der Waals surface area contributed by atoms with Gasteiger partial charge in [-0.05, 0) is 55.4 Å². The molecule has 7 nitrogen and oxygen atoms in total. The fourth-order valence-electron chi connectivity index (χ4n) is 4.43. The Kier molecular flexibility index (Phi) is 11.6. The highest BCUT2D eigenvalue weighted by Crippen LogP contribution is 2.31. The lowest BCUT2D eigenvalue weighted by molar-refractivity contribution is -0.171. The van der Waals surface area contributed by atoms with E-state index in [2.05, 4.69) is 0 Å². The molecule has 6 atom stereocenters. The fraction of sp³-hybridized carbons (Fsp3) is 0.533. The number of rotatable bonds is 14. The standard InChI is InChI=1S/C30H42O7/c1-22(17-25(31)20-35-18-23-7-5-4-6-8-23)28(32)15-16-30(2)29(33)14-13-27(37-30)21-36-19-24-9-11-26(34-3)12-10-24/h4-12,15-16,22,25,27-29,31-33H,13-14,17-21H2,1-3H3/b16-15+/t22-,25+,27-,28?,29+,30-/m0/s1. The van der Waals surface area contributed by atoms with E-state index in [9.17, 15) is 15.3 Å². The molecule has 0 radical (unpaired) electrons. The maximum Gasteiger partial charge on any atom is 0.118 e. The van der Waals surface area contributed by atoms with Crippen LogP contribution in [0, 0.1) is 5.92 Å². The molecule has 0 spiro atoms. The summed E-state index contributed by atoms with van der Waals surface area (Å²) in [6, 6.07) is 17.5. The second kappa shape index (κ2) is 14.6. The van der Waals surface area contributed by atoms with Crippen LogP contribution in [-0.4, -0.2) is 65.7 Å². The van der Waals surface area contributed by atoms with E-state index in [0.29, 0.717) is 39.1 Å². The van der Waals surface area contributed by atoms with Crippen molar-refractivity contribution < 1.29 is 34.3 Å². The first-order chi connectivity index (χ1) is 17.8. The molecule has 0 aromatic heterocycles. The van der Waals surface area contributed by atoms with E-state index in [1.807, 2.05) is 68.4 Å². The van der Waals surface area contributed by atoms with E-state index >= 15 is 0 Å². The van der Waals surface area contributed by atoms with Crippen molar-refractivity contribution in [3.63, 3.8) is 0 Å². The summed E-state index contributed by atoms with van der Waals surface area (Å²) >= 11 is 0. The van der Waals surface area contributed by atoms with Crippen LogP contribution in [0.5, 0.6) is 5.75 Å². The van der Waals surface area contributed by atoms with Gasteiger partial charge >= 0.3 is 0 Å². The molecular weight excluding hydrogens is 472 g/mol. The number of hydrogen-bond acceptors (Lipinski definition) is 7. The lowest BCUT2D eigenvalue weighted by Gasteiger charge is -2.40. The van der Waals surface area contributed by atoms with Gasteiger partial charge in [-0.25, -0.2) is 0 Å². The molecular formula is C30H42O7. The van der Waals surface area contributed by atoms with Gasteiger partial charge in [-0.3, -0.25) is 0 Å². The Morgan fingerprint density at radius 3 is 2.38 bits per heavy atom. The van der Waals surface area contributed by atoms with E-state index in [1.54, 1.807) is 19.3 Å². The van der Waals surface area contributed by atoms with Gasteiger partial charge < -0.3 is 34.3 Å². The highest BCUT2D eigenvalue weighted by molar-refractivity contribution is 5.26. The third kappa shape index (κ3) is 9.52. The third-order valence-corrected chi connectivity index (χ3v) is 6.85. The molecule has 1 saturated heterocycles. The number of benzene rings is 2. The number of methoxy groups -OCH3 is 1. The van der Waals surface area contributed by atoms with Gasteiger partial charge in [0.05, 0.1) is 58.0 Å². The van der Waals surface area contributed by atoms with E-state index in [-0.39, 0.29) is 18.6 Å². The molecule has 204 valence electrons. The Bertz CT molecular complexity index is 933. The lowest BCUT2D eigenvalue weighted by atomic mass is 9.88. The molecule has 3 rings (SSSR count). The zero-order valence-corrected chi connectivity index (χ0v) is 22.2. The molecule has 3 N–H and O–H groups in total. The molecule has 1 unspecified atom stereocenters. The van der Waals surface area contributed by atoms with Crippen LogP contribution in [0.1, 0.15) is 44.2 Å². The topological polar surface area (TPSA) is 97.6 Å². The van der Waals surface area contributed by atoms with Crippen LogP contribution in [0.4, 0.5) is 0 Å². The van der Waals surface area contributed by atoms with Gasteiger partial charge in [0.15, 0.2) is 0 Å². The second-order valence-corrected chi connectivity index (χ2v) is 10.1. The minimum atomic E-state index is -0.926. The van der Waals surface area contributed by atoms with Crippen molar-refractivity contribution in [3.05, 3.63) is 77.9 Å². The Morgan fingerprint density at radius 1 is 1.00 bits per heavy atom. The molecule has 1 fully saturated rings. The van der Waals surface area contributed by atoms with Crippen LogP contribution in [0.25, 0.3) is 0 Å². The van der Waals surface area contributed by atoms with Crippen LogP contribution in [0.2, 0.25) is 0 Å². The number of aliphatic hydroxyl groups is 3. The first-order valence-corrected chi connectivity index (χ1v) is 13.0. The fourth-order valence-corrected chi connectivity index (χ4v) is 4.43. The summed E-state index contributed by atoms with van der Waals surface area (Å²) in [5, 5.41) is 31.6. The molecule has 0 amide bonds. The van der Waals surface area contributed by atoms with Gasteiger partial charge in [-0.15, -0.1) is 0 Å². The molecule has 0 bridgehead atoms. The summed E-state index contributed by atoms with van der Waals surface area (Å²) in [7, 11) is 1.64. The first kappa shape index (κ1) is 29.3. The summed E-state index contributed by atoms with van der Waals surface area (Å²) < 4.78 is 22.9. The number of hydrogen-bond donors (Lipinski definition) is 3. The largest absolute Gasteiger partial charge is 0.497 e. The van der Waals surface area contributed by atoms with Gasteiger partial charge in [0.2, 0.25) is 0 Å². The first-order valence-electron chi connectivity index (χ1n) is 13.0. The smallest absolute Gasteiger partial charge is 0.118 e. The quantitative estimate of drug-likeness (QED) is 0.328. The van der Waals surface area contributed by atoms with Crippen LogP contribution in [-0.2, 0) is 27.4 Å². The Balaban J connectivity index is 1.42. The number of aliphatic hydroxyl groups excluding tert-OH is 3. The lowest BCUT2D eigenvalue weighted by Crippen LogP contribution is -2.49. The Hall–Kier alpha value is -2.26. The van der Waals surface area contributed by atoms with Crippen molar-refractivity contribution in [2.75, 3.05) is 20.3 Å². The molecule has 1 heterocycles. The van der Waals surface area contributed by atoms with E-state index in [1.165, 1.54) is 0 Å². The second-order valence-electron chi connectivity index (χ2n) is 10.1. The number of ether oxygens (including phenoxy) is 4. The Morgan fingerprint density at radius 2 is 1.68 bits per heavy atom. The SMILES string of the molecule is COc1ccc(COC[C@@H]2CC[C@@H](O)[C@](C)(/C=C/C(O)[C@@H](C)C[C@@H](O)COCc3ccccc3)O2)cc1. The van der Waals surface area contributed by atoms with Crippen molar-refractivity contribution in [2.24, 2.45) is 5.92 Å². The average molecular weight is 515 g/mol. The van der Waals surface area contributed by atoms with Crippen LogP contribution in [0.3, 0.4) is 0 Å². The molecule has 2 aromatic carbocycles. The van der Waals surface area contributed by atoms with Gasteiger partial charge in [0, 0.05) is 0 Å². The van der Waals surface area contributed by atoms with Gasteiger partial charge in [0.25, 0.3) is 0 Å². The van der Waals surface area contributed by atoms with Crippen molar-refractivity contribution in [1.29, 1.82) is 0 Å². The van der Waals surface area contributed by atoms with Gasteiger partial charge in [-0.1, -0.05) is 61.5 Å². The van der Waals surface area contributed by atoms with E-state index in [4.69, 9.17) is 18.9 Å². The van der Waals surface area contributed by atoms with Gasteiger partial charge in [-0.2, -0.15) is 0 Å². The molecule has 7 heteroatoms. The van der Waals surface area contributed by atoms with Crippen molar-refractivity contribution in [2.45, 2.75) is 76.3 Å². The van der Waals surface area contributed by atoms with Crippen LogP contribution in [0.15, 0.2) is 66.7 Å².